The van der Waals surface area contributed by atoms with Gasteiger partial charge in [0.1, 0.15) is 0 Å². The van der Waals surface area contributed by atoms with Crippen molar-refractivity contribution < 1.29 is 17.7 Å². The second kappa shape index (κ2) is 6.32. The van der Waals surface area contributed by atoms with Crippen LogP contribution in [0.15, 0.2) is 26.5 Å². The summed E-state index contributed by atoms with van der Waals surface area (Å²) < 4.78 is 44.5. The Morgan fingerprint density at radius 1 is 1.35 bits per heavy atom. The Kier molecular flexibility index (Phi) is 4.39. The maximum atomic E-state index is 12.8. The van der Waals surface area contributed by atoms with E-state index in [0.717, 1.165) is 21.9 Å². The van der Waals surface area contributed by atoms with Crippen LogP contribution in [0.1, 0.15) is 18.6 Å². The van der Waals surface area contributed by atoms with Crippen LogP contribution in [-0.4, -0.2) is 24.9 Å². The molecule has 0 unspecified atom stereocenters. The third kappa shape index (κ3) is 3.39. The van der Waals surface area contributed by atoms with Gasteiger partial charge in [-0.05, 0) is 18.4 Å². The first kappa shape index (κ1) is 16.0. The van der Waals surface area contributed by atoms with Crippen LogP contribution in [0.25, 0.3) is 11.5 Å². The Hall–Kier alpha value is -1.88. The molecule has 0 fully saturated rings. The Labute approximate surface area is 136 Å². The molecule has 0 saturated heterocycles. The van der Waals surface area contributed by atoms with E-state index in [1.165, 1.54) is 11.3 Å². The van der Waals surface area contributed by atoms with E-state index in [-0.39, 0.29) is 17.5 Å². The standard InChI is InChI=1S/C12H10F3N5OS2/c1-2-20-10(12(13,14)15)17-18-11(20)23-6-8-16-9(21-19-8)7-3-4-22-5-7/h3-5H,2,6H2,1H3. The smallest absolute Gasteiger partial charge is 0.334 e. The van der Waals surface area contributed by atoms with Crippen LogP contribution >= 0.6 is 23.1 Å². The summed E-state index contributed by atoms with van der Waals surface area (Å²) >= 11 is 2.58. The highest BCUT2D eigenvalue weighted by Gasteiger charge is 2.38. The lowest BCUT2D eigenvalue weighted by molar-refractivity contribution is -0.147. The molecule has 0 aromatic carbocycles. The first-order valence-electron chi connectivity index (χ1n) is 6.47. The molecule has 3 rings (SSSR count). The monoisotopic (exact) mass is 361 g/mol. The maximum Gasteiger partial charge on any atom is 0.451 e. The van der Waals surface area contributed by atoms with Crippen molar-refractivity contribution in [3.05, 3.63) is 28.5 Å². The molecule has 0 N–H and O–H groups in total. The highest BCUT2D eigenvalue weighted by molar-refractivity contribution is 7.98. The zero-order chi connectivity index (χ0) is 16.4. The molecule has 122 valence electrons. The topological polar surface area (TPSA) is 69.6 Å². The number of aromatic nitrogens is 5. The summed E-state index contributed by atoms with van der Waals surface area (Å²) in [5, 5.41) is 14.6. The largest absolute Gasteiger partial charge is 0.451 e. The number of hydrogen-bond donors (Lipinski definition) is 0. The van der Waals surface area contributed by atoms with Crippen molar-refractivity contribution in [3.63, 3.8) is 0 Å². The van der Waals surface area contributed by atoms with Gasteiger partial charge in [-0.15, -0.1) is 10.2 Å². The Morgan fingerprint density at radius 2 is 2.17 bits per heavy atom. The Bertz CT molecular complexity index is 781. The van der Waals surface area contributed by atoms with Crippen molar-refractivity contribution in [2.75, 3.05) is 0 Å². The summed E-state index contributed by atoms with van der Waals surface area (Å²) in [6, 6.07) is 1.85. The normalized spacial score (nSPS) is 12.0. The van der Waals surface area contributed by atoms with E-state index in [1.807, 2.05) is 16.8 Å². The molecule has 0 spiro atoms. The van der Waals surface area contributed by atoms with Gasteiger partial charge in [-0.1, -0.05) is 16.9 Å². The third-order valence-electron chi connectivity index (χ3n) is 2.85. The molecule has 0 saturated carbocycles. The van der Waals surface area contributed by atoms with Crippen molar-refractivity contribution >= 4 is 23.1 Å². The number of nitrogens with zero attached hydrogens (tertiary/aromatic N) is 5. The molecule has 0 bridgehead atoms. The van der Waals surface area contributed by atoms with Crippen LogP contribution in [0.3, 0.4) is 0 Å². The molecule has 0 radical (unpaired) electrons. The van der Waals surface area contributed by atoms with Crippen LogP contribution in [0.4, 0.5) is 13.2 Å². The zero-order valence-electron chi connectivity index (χ0n) is 11.7. The average molecular weight is 361 g/mol. The fraction of sp³-hybridized carbons (Fsp3) is 0.333. The highest BCUT2D eigenvalue weighted by atomic mass is 32.2. The van der Waals surface area contributed by atoms with Crippen molar-refractivity contribution in [1.29, 1.82) is 0 Å². The van der Waals surface area contributed by atoms with Crippen molar-refractivity contribution in [2.24, 2.45) is 0 Å². The van der Waals surface area contributed by atoms with Crippen LogP contribution in [0.2, 0.25) is 0 Å². The van der Waals surface area contributed by atoms with Crippen molar-refractivity contribution in [2.45, 2.75) is 30.6 Å². The summed E-state index contributed by atoms with van der Waals surface area (Å²) in [4.78, 5) is 4.21. The lowest BCUT2D eigenvalue weighted by atomic mass is 10.3. The minimum atomic E-state index is -4.53. The van der Waals surface area contributed by atoms with Gasteiger partial charge in [0.05, 0.1) is 11.3 Å². The van der Waals surface area contributed by atoms with Gasteiger partial charge in [0.25, 0.3) is 5.89 Å². The molecular formula is C12H10F3N5OS2. The molecule has 0 atom stereocenters. The van der Waals surface area contributed by atoms with Gasteiger partial charge >= 0.3 is 6.18 Å². The Balaban J connectivity index is 1.73. The number of halogens is 3. The summed E-state index contributed by atoms with van der Waals surface area (Å²) in [6.07, 6.45) is -4.53. The fourth-order valence-electron chi connectivity index (χ4n) is 1.84. The van der Waals surface area contributed by atoms with Gasteiger partial charge in [-0.25, -0.2) is 0 Å². The third-order valence-corrected chi connectivity index (χ3v) is 4.50. The Morgan fingerprint density at radius 3 is 2.83 bits per heavy atom. The van der Waals surface area contributed by atoms with Gasteiger partial charge in [0.15, 0.2) is 11.0 Å². The molecule has 11 heteroatoms. The van der Waals surface area contributed by atoms with E-state index in [9.17, 15) is 13.2 Å². The van der Waals surface area contributed by atoms with Crippen LogP contribution < -0.4 is 0 Å². The summed E-state index contributed by atoms with van der Waals surface area (Å²) in [6.45, 7) is 1.72. The van der Waals surface area contributed by atoms with Crippen LogP contribution in [0, 0.1) is 0 Å². The number of thiophene rings is 1. The van der Waals surface area contributed by atoms with Gasteiger partial charge in [-0.3, -0.25) is 4.57 Å². The molecule has 6 nitrogen and oxygen atoms in total. The summed E-state index contributed by atoms with van der Waals surface area (Å²) in [5.74, 6) is 0.00339. The fourth-order valence-corrected chi connectivity index (χ4v) is 3.31. The highest BCUT2D eigenvalue weighted by Crippen LogP contribution is 2.31. The van der Waals surface area contributed by atoms with Crippen molar-refractivity contribution in [3.8, 4) is 11.5 Å². The molecule has 23 heavy (non-hydrogen) atoms. The number of alkyl halides is 3. The minimum absolute atomic E-state index is 0.122. The molecular weight excluding hydrogens is 351 g/mol. The van der Waals surface area contributed by atoms with Gasteiger partial charge < -0.3 is 4.52 Å². The molecule has 0 amide bonds. The lowest BCUT2D eigenvalue weighted by Gasteiger charge is -2.08. The molecule has 0 aliphatic heterocycles. The maximum absolute atomic E-state index is 12.8. The van der Waals surface area contributed by atoms with E-state index in [4.69, 9.17) is 4.52 Å². The first-order chi connectivity index (χ1) is 11.0. The van der Waals surface area contributed by atoms with E-state index >= 15 is 0 Å². The van der Waals surface area contributed by atoms with E-state index in [1.54, 1.807) is 6.92 Å². The van der Waals surface area contributed by atoms with Crippen LogP contribution in [-0.2, 0) is 18.5 Å². The molecule has 3 aromatic rings. The minimum Gasteiger partial charge on any atom is -0.334 e. The van der Waals surface area contributed by atoms with E-state index in [0.29, 0.717) is 11.7 Å². The van der Waals surface area contributed by atoms with E-state index in [2.05, 4.69) is 20.3 Å². The summed E-state index contributed by atoms with van der Waals surface area (Å²) in [7, 11) is 0. The van der Waals surface area contributed by atoms with Gasteiger partial charge in [-0.2, -0.15) is 29.5 Å². The van der Waals surface area contributed by atoms with Gasteiger partial charge in [0, 0.05) is 11.9 Å². The lowest BCUT2D eigenvalue weighted by Crippen LogP contribution is -2.14. The van der Waals surface area contributed by atoms with Crippen LogP contribution in [0.5, 0.6) is 0 Å². The molecule has 0 aliphatic carbocycles. The predicted octanol–water partition coefficient (Wildman–Crippen LogP) is 3.72. The van der Waals surface area contributed by atoms with E-state index < -0.39 is 12.0 Å². The molecule has 0 aliphatic rings. The SMILES string of the molecule is CCn1c(SCc2noc(-c3ccsc3)n2)nnc1C(F)(F)F. The first-order valence-corrected chi connectivity index (χ1v) is 8.40. The zero-order valence-corrected chi connectivity index (χ0v) is 13.4. The summed E-state index contributed by atoms with van der Waals surface area (Å²) in [5.41, 5.74) is 0.815. The van der Waals surface area contributed by atoms with Crippen molar-refractivity contribution in [1.82, 2.24) is 24.9 Å². The number of hydrogen-bond acceptors (Lipinski definition) is 7. The number of thioether (sulfide) groups is 1. The second-order valence-electron chi connectivity index (χ2n) is 4.36. The number of rotatable bonds is 5. The van der Waals surface area contributed by atoms with Gasteiger partial charge in [0.2, 0.25) is 5.82 Å². The average Bonchev–Trinajstić information content (AvgIpc) is 3.22. The molecule has 3 aromatic heterocycles. The second-order valence-corrected chi connectivity index (χ2v) is 6.09. The molecule has 3 heterocycles. The predicted molar refractivity (Wildman–Crippen MR) is 77.9 cm³/mol. The quantitative estimate of drug-likeness (QED) is 0.645.